The van der Waals surface area contributed by atoms with Crippen LogP contribution in [0.25, 0.3) is 22.6 Å². The molecule has 0 unspecified atom stereocenters. The first-order chi connectivity index (χ1) is 15.8. The van der Waals surface area contributed by atoms with E-state index in [1.54, 1.807) is 19.9 Å². The molecule has 0 bridgehead atoms. The molecule has 0 aliphatic rings. The molecule has 0 aliphatic carbocycles. The second-order valence-electron chi connectivity index (χ2n) is 7.99. The third-order valence-corrected chi connectivity index (χ3v) is 4.88. The van der Waals surface area contributed by atoms with Crippen LogP contribution >= 0.6 is 0 Å². The Bertz CT molecular complexity index is 1330. The number of benzene rings is 1. The van der Waals surface area contributed by atoms with Gasteiger partial charge in [-0.2, -0.15) is 0 Å². The van der Waals surface area contributed by atoms with Crippen LogP contribution in [-0.2, 0) is 6.54 Å². The van der Waals surface area contributed by atoms with Crippen molar-refractivity contribution >= 4 is 16.9 Å². The second-order valence-corrected chi connectivity index (χ2v) is 7.99. The fourth-order valence-electron chi connectivity index (χ4n) is 3.29. The zero-order valence-corrected chi connectivity index (χ0v) is 18.6. The number of nitrogen functional groups attached to an aromatic ring is 1. The molecule has 170 valence electrons. The maximum Gasteiger partial charge on any atom is 0.216 e. The number of pyridine rings is 1. The number of aromatic nitrogens is 5. The number of nitrogens with zero attached hydrogens (tertiary/aromatic N) is 5. The van der Waals surface area contributed by atoms with Crippen molar-refractivity contribution in [1.82, 2.24) is 24.8 Å². The zero-order chi connectivity index (χ0) is 23.6. The number of imidazole rings is 1. The molecular weight excluding hydrogens is 422 g/mol. The molecule has 5 N–H and O–H groups in total. The van der Waals surface area contributed by atoms with Gasteiger partial charge in [0.25, 0.3) is 0 Å². The highest BCUT2D eigenvalue weighted by molar-refractivity contribution is 5.86. The van der Waals surface area contributed by atoms with E-state index in [-0.39, 0.29) is 18.5 Å². The third kappa shape index (κ3) is 4.79. The second kappa shape index (κ2) is 8.90. The van der Waals surface area contributed by atoms with E-state index in [1.807, 2.05) is 41.8 Å². The molecule has 3 aromatic heterocycles. The number of ether oxygens (including phenoxy) is 1. The van der Waals surface area contributed by atoms with Gasteiger partial charge in [0, 0.05) is 12.6 Å². The molecule has 0 aliphatic heterocycles. The summed E-state index contributed by atoms with van der Waals surface area (Å²) < 4.78 is 12.6. The Kier molecular flexibility index (Phi) is 6.00. The maximum atomic E-state index is 10.1. The standard InChI is InChI=1S/C23H25N7O3/c1-4-30-17-12-18(32-13-15(24)14-8-6-5-7-9-14)26-16(10-11-23(2,3)31)19(17)27-22(30)20-21(25)29-33-28-20/h5-9,12,15,31H,4,13,24H2,1-3H3,(H2,25,29)/t15-/m0/s1. The molecule has 1 aromatic carbocycles. The van der Waals surface area contributed by atoms with Crippen LogP contribution in [0.1, 0.15) is 38.1 Å². The first kappa shape index (κ1) is 22.3. The molecule has 0 spiro atoms. The summed E-state index contributed by atoms with van der Waals surface area (Å²) in [6, 6.07) is 11.1. The lowest BCUT2D eigenvalue weighted by molar-refractivity contribution is 0.143. The van der Waals surface area contributed by atoms with Crippen molar-refractivity contribution in [2.75, 3.05) is 12.3 Å². The fourth-order valence-corrected chi connectivity index (χ4v) is 3.29. The van der Waals surface area contributed by atoms with E-state index < -0.39 is 5.60 Å². The molecule has 0 saturated carbocycles. The van der Waals surface area contributed by atoms with E-state index in [2.05, 4.69) is 32.1 Å². The van der Waals surface area contributed by atoms with E-state index in [0.29, 0.717) is 40.7 Å². The van der Waals surface area contributed by atoms with Gasteiger partial charge in [-0.3, -0.25) is 0 Å². The summed E-state index contributed by atoms with van der Waals surface area (Å²) in [5, 5.41) is 17.6. The topological polar surface area (TPSA) is 151 Å². The molecule has 4 rings (SSSR count). The molecule has 1 atom stereocenters. The van der Waals surface area contributed by atoms with Gasteiger partial charge in [0.2, 0.25) is 5.88 Å². The summed E-state index contributed by atoms with van der Waals surface area (Å²) in [4.78, 5) is 9.20. The molecule has 10 heteroatoms. The average molecular weight is 447 g/mol. The molecule has 3 heterocycles. The molecule has 0 amide bonds. The van der Waals surface area contributed by atoms with Crippen LogP contribution in [0, 0.1) is 11.8 Å². The van der Waals surface area contributed by atoms with Gasteiger partial charge in [-0.1, -0.05) is 36.3 Å². The van der Waals surface area contributed by atoms with Gasteiger partial charge in [0.15, 0.2) is 17.3 Å². The van der Waals surface area contributed by atoms with Crippen LogP contribution < -0.4 is 16.2 Å². The Labute approximate surface area is 190 Å². The van der Waals surface area contributed by atoms with Gasteiger partial charge >= 0.3 is 0 Å². The lowest BCUT2D eigenvalue weighted by Gasteiger charge is -2.13. The Morgan fingerprint density at radius 2 is 1.97 bits per heavy atom. The van der Waals surface area contributed by atoms with E-state index in [9.17, 15) is 5.11 Å². The maximum absolute atomic E-state index is 10.1. The van der Waals surface area contributed by atoms with Gasteiger partial charge in [-0.25, -0.2) is 14.6 Å². The average Bonchev–Trinajstić information content (AvgIpc) is 3.38. The lowest BCUT2D eigenvalue weighted by atomic mass is 10.1. The van der Waals surface area contributed by atoms with Crippen molar-refractivity contribution in [3.63, 3.8) is 0 Å². The first-order valence-corrected chi connectivity index (χ1v) is 10.5. The molecule has 4 aromatic rings. The van der Waals surface area contributed by atoms with Crippen LogP contribution in [0.5, 0.6) is 5.88 Å². The number of aliphatic hydroxyl groups is 1. The zero-order valence-electron chi connectivity index (χ0n) is 18.6. The summed E-state index contributed by atoms with van der Waals surface area (Å²) in [7, 11) is 0. The van der Waals surface area contributed by atoms with Crippen molar-refractivity contribution in [3.05, 3.63) is 47.7 Å². The molecule has 0 saturated heterocycles. The summed E-state index contributed by atoms with van der Waals surface area (Å²) in [5.41, 5.74) is 13.8. The van der Waals surface area contributed by atoms with Crippen LogP contribution in [-0.4, -0.2) is 42.2 Å². The van der Waals surface area contributed by atoms with E-state index in [4.69, 9.17) is 20.8 Å². The Morgan fingerprint density at radius 3 is 2.61 bits per heavy atom. The minimum absolute atomic E-state index is 0.127. The van der Waals surface area contributed by atoms with Gasteiger partial charge < -0.3 is 25.9 Å². The molecular formula is C23H25N7O3. The summed E-state index contributed by atoms with van der Waals surface area (Å²) in [5.74, 6) is 6.64. The summed E-state index contributed by atoms with van der Waals surface area (Å²) >= 11 is 0. The number of aryl methyl sites for hydroxylation is 1. The van der Waals surface area contributed by atoms with Crippen molar-refractivity contribution < 1.29 is 14.5 Å². The monoisotopic (exact) mass is 447 g/mol. The van der Waals surface area contributed by atoms with E-state index in [1.165, 1.54) is 0 Å². The smallest absolute Gasteiger partial charge is 0.216 e. The lowest BCUT2D eigenvalue weighted by Crippen LogP contribution is -2.19. The SMILES string of the molecule is CCn1c(-c2nonc2N)nc2c(C#CC(C)(C)O)nc(OC[C@H](N)c3ccccc3)cc21. The quantitative estimate of drug-likeness (QED) is 0.378. The normalized spacial score (nSPS) is 12.4. The molecule has 0 radical (unpaired) electrons. The largest absolute Gasteiger partial charge is 0.476 e. The van der Waals surface area contributed by atoms with Crippen molar-refractivity contribution in [3.8, 4) is 29.2 Å². The van der Waals surface area contributed by atoms with Crippen LogP contribution in [0.2, 0.25) is 0 Å². The number of anilines is 1. The third-order valence-electron chi connectivity index (χ3n) is 4.88. The van der Waals surface area contributed by atoms with Gasteiger partial charge in [0.1, 0.15) is 23.4 Å². The number of nitrogens with two attached hydrogens (primary N) is 2. The molecule has 0 fully saturated rings. The highest BCUT2D eigenvalue weighted by Gasteiger charge is 2.22. The minimum atomic E-state index is -1.21. The van der Waals surface area contributed by atoms with Crippen molar-refractivity contribution in [1.29, 1.82) is 0 Å². The summed E-state index contributed by atoms with van der Waals surface area (Å²) in [6.07, 6.45) is 0. The summed E-state index contributed by atoms with van der Waals surface area (Å²) in [6.45, 7) is 5.92. The number of hydrogen-bond acceptors (Lipinski definition) is 9. The number of fused-ring (bicyclic) bond motifs is 1. The van der Waals surface area contributed by atoms with Gasteiger partial charge in [-0.05, 0) is 42.6 Å². The minimum Gasteiger partial charge on any atom is -0.476 e. The predicted octanol–water partition coefficient (Wildman–Crippen LogP) is 2.28. The van der Waals surface area contributed by atoms with E-state index >= 15 is 0 Å². The number of rotatable bonds is 6. The highest BCUT2D eigenvalue weighted by Crippen LogP contribution is 2.30. The van der Waals surface area contributed by atoms with Crippen LogP contribution in [0.3, 0.4) is 0 Å². The van der Waals surface area contributed by atoms with Crippen molar-refractivity contribution in [2.24, 2.45) is 5.73 Å². The first-order valence-electron chi connectivity index (χ1n) is 10.5. The van der Waals surface area contributed by atoms with Gasteiger partial charge in [-0.15, -0.1) is 0 Å². The highest BCUT2D eigenvalue weighted by atomic mass is 16.6. The van der Waals surface area contributed by atoms with E-state index in [0.717, 1.165) is 5.56 Å². The van der Waals surface area contributed by atoms with Crippen molar-refractivity contribution in [2.45, 2.75) is 39.0 Å². The van der Waals surface area contributed by atoms with Crippen LogP contribution in [0.4, 0.5) is 5.82 Å². The van der Waals surface area contributed by atoms with Crippen LogP contribution in [0.15, 0.2) is 41.0 Å². The number of hydrogen-bond donors (Lipinski definition) is 3. The Morgan fingerprint density at radius 1 is 1.21 bits per heavy atom. The Balaban J connectivity index is 1.79. The fraction of sp³-hybridized carbons (Fsp3) is 0.304. The predicted molar refractivity (Wildman–Crippen MR) is 123 cm³/mol. The molecule has 10 nitrogen and oxygen atoms in total. The Hall–Kier alpha value is -3.94. The van der Waals surface area contributed by atoms with Gasteiger partial charge in [0.05, 0.1) is 11.6 Å². The molecule has 33 heavy (non-hydrogen) atoms.